The molecule has 0 amide bonds. The van der Waals surface area contributed by atoms with E-state index >= 15 is 0 Å². The van der Waals surface area contributed by atoms with Crippen molar-refractivity contribution in [3.8, 4) is 44.5 Å². The van der Waals surface area contributed by atoms with Crippen LogP contribution < -0.4 is 4.90 Å². The second kappa shape index (κ2) is 15.2. The molecule has 0 atom stereocenters. The number of hydrogen-bond donors (Lipinski definition) is 0. The van der Waals surface area contributed by atoms with Crippen LogP contribution in [-0.2, 0) is 0 Å². The van der Waals surface area contributed by atoms with Gasteiger partial charge >= 0.3 is 0 Å². The van der Waals surface area contributed by atoms with Gasteiger partial charge in [-0.2, -0.15) is 0 Å². The zero-order valence-electron chi connectivity index (χ0n) is 34.5. The van der Waals surface area contributed by atoms with Crippen LogP contribution in [0, 0.1) is 0 Å². The monoisotopic (exact) mass is 867 g/mol. The predicted octanol–water partition coefficient (Wildman–Crippen LogP) is 18.9. The van der Waals surface area contributed by atoms with E-state index in [-0.39, 0.29) is 0 Å². The van der Waals surface area contributed by atoms with Gasteiger partial charge in [0.1, 0.15) is 0 Å². The average Bonchev–Trinajstić information content (AvgIpc) is 4.06. The third-order valence-electron chi connectivity index (χ3n) is 12.7. The van der Waals surface area contributed by atoms with Gasteiger partial charge in [0.05, 0.1) is 10.4 Å². The van der Waals surface area contributed by atoms with E-state index in [2.05, 4.69) is 229 Å². The Morgan fingerprint density at radius 1 is 0.250 bits per heavy atom. The topological polar surface area (TPSA) is 3.24 Å². The van der Waals surface area contributed by atoms with Crippen LogP contribution in [0.15, 0.2) is 224 Å². The van der Waals surface area contributed by atoms with Crippen molar-refractivity contribution in [2.45, 2.75) is 0 Å². The molecule has 13 aromatic rings. The van der Waals surface area contributed by atoms with Crippen molar-refractivity contribution < 1.29 is 0 Å². The summed E-state index contributed by atoms with van der Waals surface area (Å²) in [6.45, 7) is 0. The van der Waals surface area contributed by atoms with Crippen molar-refractivity contribution in [3.63, 3.8) is 0 Å². The van der Waals surface area contributed by atoms with Crippen LogP contribution in [0.2, 0.25) is 0 Å². The lowest BCUT2D eigenvalue weighted by atomic mass is 9.96. The lowest BCUT2D eigenvalue weighted by molar-refractivity contribution is 1.30. The van der Waals surface area contributed by atoms with E-state index < -0.39 is 0 Å². The number of hydrogen-bond acceptors (Lipinski definition) is 4. The Morgan fingerprint density at radius 2 is 0.703 bits per heavy atom. The maximum absolute atomic E-state index is 2.46. The minimum Gasteiger partial charge on any atom is -0.309 e. The molecule has 3 heterocycles. The molecular weight excluding hydrogens is 831 g/mol. The minimum absolute atomic E-state index is 1.11. The first-order chi connectivity index (χ1) is 31.7. The molecule has 0 spiro atoms. The Balaban J connectivity index is 0.973. The Hall–Kier alpha value is -7.34. The van der Waals surface area contributed by atoms with Crippen molar-refractivity contribution in [3.05, 3.63) is 224 Å². The van der Waals surface area contributed by atoms with Crippen LogP contribution in [0.5, 0.6) is 0 Å². The summed E-state index contributed by atoms with van der Waals surface area (Å²) >= 11 is 5.62. The van der Waals surface area contributed by atoms with Crippen molar-refractivity contribution in [2.75, 3.05) is 4.90 Å². The van der Waals surface area contributed by atoms with Crippen LogP contribution in [0.3, 0.4) is 0 Å². The molecule has 0 radical (unpaired) electrons. The van der Waals surface area contributed by atoms with Gasteiger partial charge in [-0.25, -0.2) is 0 Å². The zero-order chi connectivity index (χ0) is 42.1. The molecule has 1 nitrogen and oxygen atoms in total. The molecule has 0 saturated carbocycles. The normalized spacial score (nSPS) is 11.8. The summed E-state index contributed by atoms with van der Waals surface area (Å²) in [6, 6.07) is 82.9. The molecule has 64 heavy (non-hydrogen) atoms. The van der Waals surface area contributed by atoms with Crippen LogP contribution in [0.4, 0.5) is 17.1 Å². The number of rotatable bonds is 7. The first-order valence-corrected chi connectivity index (χ1v) is 24.1. The molecule has 0 aliphatic heterocycles. The molecule has 10 aromatic carbocycles. The Kier molecular flexibility index (Phi) is 8.83. The van der Waals surface area contributed by atoms with Crippen molar-refractivity contribution in [2.24, 2.45) is 0 Å². The third-order valence-corrected chi connectivity index (χ3v) is 16.3. The molecule has 0 saturated heterocycles. The molecule has 4 heteroatoms. The summed E-state index contributed by atoms with van der Waals surface area (Å²) in [4.78, 5) is 2.46. The first kappa shape index (κ1) is 37.2. The summed E-state index contributed by atoms with van der Waals surface area (Å²) in [5.74, 6) is 0. The van der Waals surface area contributed by atoms with E-state index in [1.807, 2.05) is 34.0 Å². The fourth-order valence-electron chi connectivity index (χ4n) is 9.54. The van der Waals surface area contributed by atoms with E-state index in [9.17, 15) is 0 Å². The SMILES string of the molecule is c1ccc(-c2cc(-c3ccccc3)c3sc4c(N(c5ccc(-c6ccc7sc8ccccc8c7c6)cc5)c5ccc(-c6ccc7sc8ccccc8c7c6)cc5)cccc4c3c2)cc1. The highest BCUT2D eigenvalue weighted by Gasteiger charge is 2.21. The van der Waals surface area contributed by atoms with Gasteiger partial charge in [-0.15, -0.1) is 34.0 Å². The van der Waals surface area contributed by atoms with Crippen molar-refractivity contribution in [1.82, 2.24) is 0 Å². The van der Waals surface area contributed by atoms with Gasteiger partial charge in [0, 0.05) is 72.8 Å². The second-order valence-corrected chi connectivity index (χ2v) is 19.6. The van der Waals surface area contributed by atoms with Crippen LogP contribution in [0.25, 0.3) is 105 Å². The van der Waals surface area contributed by atoms with E-state index in [4.69, 9.17) is 0 Å². The highest BCUT2D eigenvalue weighted by atomic mass is 32.1. The smallest absolute Gasteiger partial charge is 0.0640 e. The molecule has 3 aromatic heterocycles. The molecule has 13 rings (SSSR count). The average molecular weight is 868 g/mol. The van der Waals surface area contributed by atoms with Gasteiger partial charge < -0.3 is 4.90 Å². The first-order valence-electron chi connectivity index (χ1n) is 21.6. The van der Waals surface area contributed by atoms with Crippen LogP contribution in [-0.4, -0.2) is 0 Å². The lowest BCUT2D eigenvalue weighted by Gasteiger charge is -2.26. The van der Waals surface area contributed by atoms with Gasteiger partial charge in [-0.1, -0.05) is 146 Å². The number of benzene rings is 10. The molecule has 0 unspecified atom stereocenters. The quantitative estimate of drug-likeness (QED) is 0.154. The standard InChI is InChI=1S/C60H37NS3/c1-3-12-38(13-4-1)44-36-50(41-14-5-2-6-15-41)59-53(37-44)49-18-11-19-54(60(49)64-59)61(45-28-22-39(23-29-45)42-26-32-57-51(34-42)47-16-7-9-20-55(47)62-57)46-30-24-40(25-31-46)43-27-33-58-52(35-43)48-17-8-10-21-56(48)63-58/h1-37H. The second-order valence-electron chi connectivity index (χ2n) is 16.4. The molecule has 0 N–H and O–H groups in total. The van der Waals surface area contributed by atoms with Crippen molar-refractivity contribution >= 4 is 112 Å². The zero-order valence-corrected chi connectivity index (χ0v) is 37.0. The molecule has 0 fully saturated rings. The van der Waals surface area contributed by atoms with Crippen molar-refractivity contribution in [1.29, 1.82) is 0 Å². The highest BCUT2D eigenvalue weighted by Crippen LogP contribution is 2.49. The maximum atomic E-state index is 2.46. The van der Waals surface area contributed by atoms with Crippen LogP contribution in [0.1, 0.15) is 0 Å². The van der Waals surface area contributed by atoms with E-state index in [0.29, 0.717) is 0 Å². The Labute approximate surface area is 383 Å². The molecule has 0 aliphatic rings. The third kappa shape index (κ3) is 6.25. The van der Waals surface area contributed by atoms with Gasteiger partial charge in [0.15, 0.2) is 0 Å². The summed E-state index contributed by atoms with van der Waals surface area (Å²) in [5.41, 5.74) is 13.2. The molecule has 0 bridgehead atoms. The number of nitrogens with zero attached hydrogens (tertiary/aromatic N) is 1. The van der Waals surface area contributed by atoms with E-state index in [0.717, 1.165) is 17.1 Å². The summed E-state index contributed by atoms with van der Waals surface area (Å²) < 4.78 is 7.86. The van der Waals surface area contributed by atoms with Gasteiger partial charge in [0.2, 0.25) is 0 Å². The Morgan fingerprint density at radius 3 is 1.28 bits per heavy atom. The predicted molar refractivity (Wildman–Crippen MR) is 282 cm³/mol. The van der Waals surface area contributed by atoms with Gasteiger partial charge in [-0.3, -0.25) is 0 Å². The van der Waals surface area contributed by atoms with Gasteiger partial charge in [0.25, 0.3) is 0 Å². The number of fused-ring (bicyclic) bond motifs is 9. The van der Waals surface area contributed by atoms with Crippen LogP contribution >= 0.6 is 34.0 Å². The molecule has 300 valence electrons. The number of anilines is 3. The summed E-state index contributed by atoms with van der Waals surface area (Å²) in [5, 5.41) is 7.82. The largest absolute Gasteiger partial charge is 0.309 e. The summed E-state index contributed by atoms with van der Waals surface area (Å²) in [6.07, 6.45) is 0. The Bertz CT molecular complexity index is 3720. The molecular formula is C60H37NS3. The fourth-order valence-corrected chi connectivity index (χ4v) is 13.0. The number of thiophene rings is 3. The minimum atomic E-state index is 1.11. The van der Waals surface area contributed by atoms with E-state index in [1.165, 1.54) is 105 Å². The summed E-state index contributed by atoms with van der Waals surface area (Å²) in [7, 11) is 0. The fraction of sp³-hybridized carbons (Fsp3) is 0. The lowest BCUT2D eigenvalue weighted by Crippen LogP contribution is -2.10. The maximum Gasteiger partial charge on any atom is 0.0640 e. The van der Waals surface area contributed by atoms with E-state index in [1.54, 1.807) is 0 Å². The van der Waals surface area contributed by atoms with Gasteiger partial charge in [-0.05, 0) is 118 Å². The molecule has 0 aliphatic carbocycles. The highest BCUT2D eigenvalue weighted by molar-refractivity contribution is 7.27.